The molecule has 1 aromatic carbocycles. The molecule has 8 heteroatoms. The lowest BCUT2D eigenvalue weighted by atomic mass is 10.1. The summed E-state index contributed by atoms with van der Waals surface area (Å²) in [5, 5.41) is 11.5. The molecule has 0 spiro atoms. The summed E-state index contributed by atoms with van der Waals surface area (Å²) in [7, 11) is 0. The van der Waals surface area contributed by atoms with Gasteiger partial charge < -0.3 is 16.0 Å². The molecule has 1 heterocycles. The zero-order valence-electron chi connectivity index (χ0n) is 17.0. The van der Waals surface area contributed by atoms with Gasteiger partial charge in [0.15, 0.2) is 0 Å². The van der Waals surface area contributed by atoms with Crippen molar-refractivity contribution in [3.05, 3.63) is 51.7 Å². The molecule has 29 heavy (non-hydrogen) atoms. The van der Waals surface area contributed by atoms with E-state index in [9.17, 15) is 14.0 Å². The average molecular weight is 421 g/mol. The summed E-state index contributed by atoms with van der Waals surface area (Å²) in [6, 6.07) is 4.92. The van der Waals surface area contributed by atoms with E-state index in [0.29, 0.717) is 13.0 Å². The Balaban J connectivity index is 1.68. The number of thiazole rings is 1. The van der Waals surface area contributed by atoms with Gasteiger partial charge in [0.1, 0.15) is 11.9 Å². The van der Waals surface area contributed by atoms with Gasteiger partial charge in [-0.15, -0.1) is 11.3 Å². The first-order valence-electron chi connectivity index (χ1n) is 9.95. The molecule has 2 aromatic rings. The third-order valence-corrected chi connectivity index (χ3v) is 5.38. The number of nitrogens with zero attached hydrogens (tertiary/aromatic N) is 1. The van der Waals surface area contributed by atoms with Gasteiger partial charge in [-0.25, -0.2) is 14.2 Å². The van der Waals surface area contributed by atoms with Gasteiger partial charge in [-0.05, 0) is 50.3 Å². The second-order valence-electron chi connectivity index (χ2n) is 6.93. The number of rotatable bonds is 11. The molecule has 0 radical (unpaired) electrons. The fourth-order valence-corrected chi connectivity index (χ4v) is 3.62. The molecule has 0 saturated heterocycles. The van der Waals surface area contributed by atoms with Crippen molar-refractivity contribution in [1.82, 2.24) is 20.9 Å². The Morgan fingerprint density at radius 3 is 2.59 bits per heavy atom. The van der Waals surface area contributed by atoms with E-state index in [1.807, 2.05) is 19.2 Å². The van der Waals surface area contributed by atoms with Crippen LogP contribution < -0.4 is 16.0 Å². The number of unbranched alkanes of at least 4 members (excludes halogenated alkanes) is 1. The molecule has 3 amide bonds. The van der Waals surface area contributed by atoms with Gasteiger partial charge >= 0.3 is 6.03 Å². The highest BCUT2D eigenvalue weighted by Crippen LogP contribution is 2.11. The van der Waals surface area contributed by atoms with Crippen molar-refractivity contribution in [2.75, 3.05) is 6.54 Å². The summed E-state index contributed by atoms with van der Waals surface area (Å²) in [5.74, 6) is -0.492. The molecule has 0 aliphatic carbocycles. The SMILES string of the molecule is CCCC(NC(=O)NCc1ccc(F)cc1)C(=O)NCCCCc1nc(C)cs1. The van der Waals surface area contributed by atoms with Gasteiger partial charge in [0.2, 0.25) is 5.91 Å². The predicted octanol–water partition coefficient (Wildman–Crippen LogP) is 3.70. The molecule has 0 aliphatic rings. The second kappa shape index (κ2) is 12.2. The highest BCUT2D eigenvalue weighted by molar-refractivity contribution is 7.09. The van der Waals surface area contributed by atoms with Gasteiger partial charge in [0, 0.05) is 24.2 Å². The molecular formula is C21H29FN4O2S. The van der Waals surface area contributed by atoms with Crippen LogP contribution >= 0.6 is 11.3 Å². The van der Waals surface area contributed by atoms with Crippen LogP contribution in [0.2, 0.25) is 0 Å². The summed E-state index contributed by atoms with van der Waals surface area (Å²) >= 11 is 1.66. The van der Waals surface area contributed by atoms with Crippen LogP contribution in [0.25, 0.3) is 0 Å². The van der Waals surface area contributed by atoms with E-state index >= 15 is 0 Å². The highest BCUT2D eigenvalue weighted by atomic mass is 32.1. The van der Waals surface area contributed by atoms with Crippen molar-refractivity contribution in [1.29, 1.82) is 0 Å². The molecule has 158 valence electrons. The Morgan fingerprint density at radius 1 is 1.17 bits per heavy atom. The molecule has 0 fully saturated rings. The largest absolute Gasteiger partial charge is 0.354 e. The number of nitrogens with one attached hydrogen (secondary N) is 3. The summed E-state index contributed by atoms with van der Waals surface area (Å²) in [4.78, 5) is 29.0. The number of urea groups is 1. The smallest absolute Gasteiger partial charge is 0.315 e. The number of hydrogen-bond acceptors (Lipinski definition) is 4. The van der Waals surface area contributed by atoms with Gasteiger partial charge in [-0.1, -0.05) is 25.5 Å². The van der Waals surface area contributed by atoms with E-state index in [4.69, 9.17) is 0 Å². The fourth-order valence-electron chi connectivity index (χ4n) is 2.80. The van der Waals surface area contributed by atoms with Crippen LogP contribution in [-0.4, -0.2) is 29.5 Å². The number of benzene rings is 1. The number of carbonyl (C=O) groups excluding carboxylic acids is 2. The Bertz CT molecular complexity index is 779. The average Bonchev–Trinajstić information content (AvgIpc) is 3.12. The second-order valence-corrected chi connectivity index (χ2v) is 7.87. The molecule has 0 bridgehead atoms. The zero-order chi connectivity index (χ0) is 21.1. The fraction of sp³-hybridized carbons (Fsp3) is 0.476. The van der Waals surface area contributed by atoms with Gasteiger partial charge in [0.05, 0.1) is 5.01 Å². The quantitative estimate of drug-likeness (QED) is 0.485. The van der Waals surface area contributed by atoms with Crippen LogP contribution in [-0.2, 0) is 17.8 Å². The standard InChI is InChI=1S/C21H29FN4O2S/c1-3-6-18(26-21(28)24-13-16-8-10-17(22)11-9-16)20(27)23-12-5-4-7-19-25-15(2)14-29-19/h8-11,14,18H,3-7,12-13H2,1-2H3,(H,23,27)(H2,24,26,28). The van der Waals surface area contributed by atoms with Gasteiger partial charge in [0.25, 0.3) is 0 Å². The van der Waals surface area contributed by atoms with Gasteiger partial charge in [-0.3, -0.25) is 4.79 Å². The molecule has 1 unspecified atom stereocenters. The third kappa shape index (κ3) is 8.60. The topological polar surface area (TPSA) is 83.1 Å². The van der Waals surface area contributed by atoms with Crippen LogP contribution in [0, 0.1) is 12.7 Å². The van der Waals surface area contributed by atoms with Crippen LogP contribution in [0.4, 0.5) is 9.18 Å². The van der Waals surface area contributed by atoms with Crippen molar-refractivity contribution in [3.63, 3.8) is 0 Å². The Morgan fingerprint density at radius 2 is 1.93 bits per heavy atom. The van der Waals surface area contributed by atoms with E-state index in [0.717, 1.165) is 41.9 Å². The molecule has 1 aromatic heterocycles. The molecule has 2 rings (SSSR count). The van der Waals surface area contributed by atoms with Crippen molar-refractivity contribution in [2.24, 2.45) is 0 Å². The van der Waals surface area contributed by atoms with E-state index in [2.05, 4.69) is 20.9 Å². The van der Waals surface area contributed by atoms with Gasteiger partial charge in [-0.2, -0.15) is 0 Å². The van der Waals surface area contributed by atoms with Crippen LogP contribution in [0.5, 0.6) is 0 Å². The molecule has 0 aliphatic heterocycles. The highest BCUT2D eigenvalue weighted by Gasteiger charge is 2.19. The summed E-state index contributed by atoms with van der Waals surface area (Å²) in [6.45, 7) is 4.79. The normalized spacial score (nSPS) is 11.7. The predicted molar refractivity (Wildman–Crippen MR) is 113 cm³/mol. The Labute approximate surface area is 175 Å². The monoisotopic (exact) mass is 420 g/mol. The molecule has 3 N–H and O–H groups in total. The summed E-state index contributed by atoms with van der Waals surface area (Å²) in [5.41, 5.74) is 1.83. The first kappa shape index (κ1) is 22.8. The minimum atomic E-state index is -0.574. The van der Waals surface area contributed by atoms with Crippen LogP contribution in [0.1, 0.15) is 48.9 Å². The van der Waals surface area contributed by atoms with Crippen LogP contribution in [0.3, 0.4) is 0 Å². The van der Waals surface area contributed by atoms with Crippen molar-refractivity contribution < 1.29 is 14.0 Å². The Hall–Kier alpha value is -2.48. The van der Waals surface area contributed by atoms with Crippen LogP contribution in [0.15, 0.2) is 29.6 Å². The van der Waals surface area contributed by atoms with E-state index in [1.54, 1.807) is 23.5 Å². The van der Waals surface area contributed by atoms with Crippen molar-refractivity contribution in [2.45, 2.75) is 58.5 Å². The maximum Gasteiger partial charge on any atom is 0.315 e. The first-order valence-corrected chi connectivity index (χ1v) is 10.8. The third-order valence-electron chi connectivity index (χ3n) is 4.35. The molecular weight excluding hydrogens is 391 g/mol. The lowest BCUT2D eigenvalue weighted by molar-refractivity contribution is -0.123. The van der Waals surface area contributed by atoms with Crippen molar-refractivity contribution in [3.8, 4) is 0 Å². The lowest BCUT2D eigenvalue weighted by Crippen LogP contribution is -2.50. The number of amides is 3. The maximum absolute atomic E-state index is 12.9. The van der Waals surface area contributed by atoms with E-state index < -0.39 is 12.1 Å². The number of aromatic nitrogens is 1. The molecule has 1 atom stereocenters. The molecule has 0 saturated carbocycles. The number of halogens is 1. The zero-order valence-corrected chi connectivity index (χ0v) is 17.8. The number of hydrogen-bond donors (Lipinski definition) is 3. The Kier molecular flexibility index (Phi) is 9.56. The van der Waals surface area contributed by atoms with E-state index in [-0.39, 0.29) is 18.3 Å². The molecule has 6 nitrogen and oxygen atoms in total. The summed E-state index contributed by atoms with van der Waals surface area (Å²) in [6.07, 6.45) is 4.07. The minimum absolute atomic E-state index is 0.172. The summed E-state index contributed by atoms with van der Waals surface area (Å²) < 4.78 is 12.9. The minimum Gasteiger partial charge on any atom is -0.354 e. The lowest BCUT2D eigenvalue weighted by Gasteiger charge is -2.18. The van der Waals surface area contributed by atoms with E-state index in [1.165, 1.54) is 12.1 Å². The first-order chi connectivity index (χ1) is 14.0. The van der Waals surface area contributed by atoms with Crippen molar-refractivity contribution >= 4 is 23.3 Å². The maximum atomic E-state index is 12.9. The number of aryl methyl sites for hydroxylation is 2. The number of carbonyl (C=O) groups is 2.